The van der Waals surface area contributed by atoms with Gasteiger partial charge in [0, 0.05) is 27.4 Å². The van der Waals surface area contributed by atoms with Gasteiger partial charge in [-0.15, -0.1) is 0 Å². The Morgan fingerprint density at radius 3 is 2.43 bits per heavy atom. The monoisotopic (exact) mass is 376 g/mol. The molecule has 1 amide bonds. The second-order valence-electron chi connectivity index (χ2n) is 3.92. The number of rotatable bonds is 3. The summed E-state index contributed by atoms with van der Waals surface area (Å²) < 4.78 is 37.2. The molecule has 3 nitrogen and oxygen atoms in total. The predicted octanol–water partition coefficient (Wildman–Crippen LogP) is 4.71. The second kappa shape index (κ2) is 6.48. The number of amides is 1. The van der Waals surface area contributed by atoms with E-state index in [-0.39, 0.29) is 22.6 Å². The van der Waals surface area contributed by atoms with Crippen LogP contribution in [0.1, 0.15) is 10.4 Å². The van der Waals surface area contributed by atoms with E-state index >= 15 is 0 Å². The van der Waals surface area contributed by atoms with E-state index < -0.39 is 5.51 Å². The molecule has 1 N–H and O–H groups in total. The lowest BCUT2D eigenvalue weighted by atomic mass is 10.2. The Balaban J connectivity index is 2.05. The maximum absolute atomic E-state index is 12.2. The average molecular weight is 377 g/mol. The van der Waals surface area contributed by atoms with Gasteiger partial charge in [0.2, 0.25) is 0 Å². The van der Waals surface area contributed by atoms with Gasteiger partial charge in [-0.2, -0.15) is 13.2 Å². The zero-order chi connectivity index (χ0) is 15.5. The lowest BCUT2D eigenvalue weighted by molar-refractivity contribution is -0.0328. The van der Waals surface area contributed by atoms with Gasteiger partial charge in [-0.1, -0.05) is 0 Å². The summed E-state index contributed by atoms with van der Waals surface area (Å²) in [6, 6.07) is 7.02. The quantitative estimate of drug-likeness (QED) is 0.788. The molecule has 0 aliphatic carbocycles. The molecule has 1 heterocycles. The van der Waals surface area contributed by atoms with E-state index in [1.807, 2.05) is 0 Å². The van der Waals surface area contributed by atoms with Crippen molar-refractivity contribution in [2.75, 3.05) is 5.32 Å². The van der Waals surface area contributed by atoms with Gasteiger partial charge in [0.1, 0.15) is 0 Å². The van der Waals surface area contributed by atoms with E-state index in [0.29, 0.717) is 15.7 Å². The SMILES string of the molecule is O=C(Nc1ccc(SC(F)(F)F)cc1)c1cncc(Br)c1. The van der Waals surface area contributed by atoms with Crippen molar-refractivity contribution in [3.63, 3.8) is 0 Å². The third-order valence-corrected chi connectivity index (χ3v) is 3.49. The Bertz CT molecular complexity index is 647. The summed E-state index contributed by atoms with van der Waals surface area (Å²) in [5.74, 6) is -0.389. The first kappa shape index (κ1) is 15.8. The highest BCUT2D eigenvalue weighted by Crippen LogP contribution is 2.37. The van der Waals surface area contributed by atoms with Crippen LogP contribution in [0.4, 0.5) is 18.9 Å². The van der Waals surface area contributed by atoms with Crippen LogP contribution in [0.3, 0.4) is 0 Å². The molecule has 2 aromatic rings. The number of anilines is 1. The van der Waals surface area contributed by atoms with Crippen LogP contribution < -0.4 is 5.32 Å². The van der Waals surface area contributed by atoms with Crippen LogP contribution in [0.25, 0.3) is 0 Å². The molecule has 8 heteroatoms. The Kier molecular flexibility index (Phi) is 4.89. The number of carbonyl (C=O) groups excluding carboxylic acids is 1. The number of hydrogen-bond donors (Lipinski definition) is 1. The molecular formula is C13H8BrF3N2OS. The number of carbonyl (C=O) groups is 1. The summed E-state index contributed by atoms with van der Waals surface area (Å²) in [4.78, 5) is 15.8. The van der Waals surface area contributed by atoms with Gasteiger partial charge in [0.15, 0.2) is 0 Å². The van der Waals surface area contributed by atoms with Gasteiger partial charge in [-0.25, -0.2) is 0 Å². The Hall–Kier alpha value is -1.54. The van der Waals surface area contributed by atoms with E-state index in [4.69, 9.17) is 0 Å². The number of hydrogen-bond acceptors (Lipinski definition) is 3. The summed E-state index contributed by atoms with van der Waals surface area (Å²) in [7, 11) is 0. The first-order chi connectivity index (χ1) is 9.83. The Morgan fingerprint density at radius 1 is 1.19 bits per heavy atom. The molecule has 0 saturated carbocycles. The summed E-state index contributed by atoms with van der Waals surface area (Å²) in [6.07, 6.45) is 2.94. The number of nitrogens with one attached hydrogen (secondary N) is 1. The highest BCUT2D eigenvalue weighted by molar-refractivity contribution is 9.10. The Labute approximate surface area is 131 Å². The fourth-order valence-corrected chi connectivity index (χ4v) is 2.38. The van der Waals surface area contributed by atoms with Crippen molar-refractivity contribution in [2.24, 2.45) is 0 Å². The van der Waals surface area contributed by atoms with Crippen molar-refractivity contribution in [3.05, 3.63) is 52.8 Å². The minimum absolute atomic E-state index is 0.0598. The topological polar surface area (TPSA) is 42.0 Å². The molecule has 0 unspecified atom stereocenters. The number of aromatic nitrogens is 1. The number of nitrogens with zero attached hydrogens (tertiary/aromatic N) is 1. The summed E-state index contributed by atoms with van der Waals surface area (Å²) in [5.41, 5.74) is -3.57. The van der Waals surface area contributed by atoms with Crippen LogP contribution in [0, 0.1) is 0 Å². The number of alkyl halides is 3. The first-order valence-electron chi connectivity index (χ1n) is 5.61. The molecule has 0 spiro atoms. The molecular weight excluding hydrogens is 369 g/mol. The minimum atomic E-state index is -4.33. The van der Waals surface area contributed by atoms with Crippen molar-refractivity contribution in [1.29, 1.82) is 0 Å². The smallest absolute Gasteiger partial charge is 0.322 e. The van der Waals surface area contributed by atoms with E-state index in [0.717, 1.165) is 0 Å². The van der Waals surface area contributed by atoms with Crippen LogP contribution >= 0.6 is 27.7 Å². The highest BCUT2D eigenvalue weighted by Gasteiger charge is 2.29. The largest absolute Gasteiger partial charge is 0.446 e. The van der Waals surface area contributed by atoms with Crippen molar-refractivity contribution in [1.82, 2.24) is 4.98 Å². The van der Waals surface area contributed by atoms with Gasteiger partial charge in [-0.05, 0) is 58.0 Å². The van der Waals surface area contributed by atoms with Crippen molar-refractivity contribution < 1.29 is 18.0 Å². The Morgan fingerprint density at radius 2 is 1.86 bits per heavy atom. The van der Waals surface area contributed by atoms with Crippen molar-refractivity contribution in [2.45, 2.75) is 10.4 Å². The predicted molar refractivity (Wildman–Crippen MR) is 78.2 cm³/mol. The summed E-state index contributed by atoms with van der Waals surface area (Å²) >= 11 is 3.00. The number of pyridine rings is 1. The van der Waals surface area contributed by atoms with Crippen LogP contribution in [0.5, 0.6) is 0 Å². The number of thioether (sulfide) groups is 1. The maximum atomic E-state index is 12.2. The zero-order valence-corrected chi connectivity index (χ0v) is 12.7. The maximum Gasteiger partial charge on any atom is 0.446 e. The molecule has 0 radical (unpaired) electrons. The van der Waals surface area contributed by atoms with Crippen LogP contribution in [0.2, 0.25) is 0 Å². The molecule has 2 rings (SSSR count). The van der Waals surface area contributed by atoms with Crippen molar-refractivity contribution >= 4 is 39.3 Å². The molecule has 21 heavy (non-hydrogen) atoms. The lowest BCUT2D eigenvalue weighted by Crippen LogP contribution is -2.12. The standard InChI is InChI=1S/C13H8BrF3N2OS/c14-9-5-8(6-18-7-9)12(20)19-10-1-3-11(4-2-10)21-13(15,16)17/h1-7H,(H,19,20). The molecule has 1 aromatic carbocycles. The lowest BCUT2D eigenvalue weighted by Gasteiger charge is -2.08. The molecule has 1 aromatic heterocycles. The molecule has 0 saturated heterocycles. The molecule has 0 aliphatic heterocycles. The van der Waals surface area contributed by atoms with Gasteiger partial charge >= 0.3 is 5.51 Å². The van der Waals surface area contributed by atoms with Crippen LogP contribution in [0.15, 0.2) is 52.1 Å². The summed E-state index contributed by atoms with van der Waals surface area (Å²) in [6.45, 7) is 0. The van der Waals surface area contributed by atoms with E-state index in [1.165, 1.54) is 30.5 Å². The first-order valence-corrected chi connectivity index (χ1v) is 7.22. The number of benzene rings is 1. The number of halogens is 4. The van der Waals surface area contributed by atoms with Crippen LogP contribution in [-0.4, -0.2) is 16.4 Å². The molecule has 0 aliphatic rings. The van der Waals surface area contributed by atoms with E-state index in [9.17, 15) is 18.0 Å². The third kappa shape index (κ3) is 5.05. The minimum Gasteiger partial charge on any atom is -0.322 e. The third-order valence-electron chi connectivity index (χ3n) is 2.31. The normalized spacial score (nSPS) is 11.2. The van der Waals surface area contributed by atoms with E-state index in [1.54, 1.807) is 12.3 Å². The van der Waals surface area contributed by atoms with Gasteiger partial charge in [0.05, 0.1) is 5.56 Å². The summed E-state index contributed by atoms with van der Waals surface area (Å²) in [5, 5.41) is 2.59. The zero-order valence-electron chi connectivity index (χ0n) is 10.3. The second-order valence-corrected chi connectivity index (χ2v) is 5.97. The fourth-order valence-electron chi connectivity index (χ4n) is 1.48. The van der Waals surface area contributed by atoms with Gasteiger partial charge in [0.25, 0.3) is 5.91 Å². The van der Waals surface area contributed by atoms with Gasteiger partial charge < -0.3 is 5.32 Å². The molecule has 110 valence electrons. The molecule has 0 fully saturated rings. The fraction of sp³-hybridized carbons (Fsp3) is 0.0769. The molecule has 0 bridgehead atoms. The van der Waals surface area contributed by atoms with Gasteiger partial charge in [-0.3, -0.25) is 9.78 Å². The van der Waals surface area contributed by atoms with Crippen molar-refractivity contribution in [3.8, 4) is 0 Å². The van der Waals surface area contributed by atoms with Crippen LogP contribution in [-0.2, 0) is 0 Å². The molecule has 0 atom stereocenters. The highest BCUT2D eigenvalue weighted by atomic mass is 79.9. The van der Waals surface area contributed by atoms with E-state index in [2.05, 4.69) is 26.2 Å². The average Bonchev–Trinajstić information content (AvgIpc) is 2.39.